The summed E-state index contributed by atoms with van der Waals surface area (Å²) < 4.78 is 17.7. The average molecular weight is 292 g/mol. The van der Waals surface area contributed by atoms with Crippen molar-refractivity contribution in [2.45, 2.75) is 5.33 Å². The van der Waals surface area contributed by atoms with Gasteiger partial charge in [0.1, 0.15) is 0 Å². The van der Waals surface area contributed by atoms with Gasteiger partial charge in [-0.1, -0.05) is 15.9 Å². The molecule has 0 heterocycles. The molecule has 86 valence electrons. The molecule has 0 radical (unpaired) electrons. The third-order valence-corrected chi connectivity index (χ3v) is 2.52. The van der Waals surface area contributed by atoms with Crippen molar-refractivity contribution >= 4 is 27.6 Å². The van der Waals surface area contributed by atoms with Crippen molar-refractivity contribution in [3.63, 3.8) is 0 Å². The first-order chi connectivity index (χ1) is 7.51. The van der Waals surface area contributed by atoms with Crippen LogP contribution in [0.2, 0.25) is 0 Å². The van der Waals surface area contributed by atoms with Gasteiger partial charge < -0.3 is 4.74 Å². The number of esters is 1. The molecule has 0 saturated heterocycles. The van der Waals surface area contributed by atoms with Crippen LogP contribution in [0, 0.1) is 15.9 Å². The Hall–Kier alpha value is -1.50. The van der Waals surface area contributed by atoms with Gasteiger partial charge in [0.15, 0.2) is 0 Å². The Balaban J connectivity index is 3.37. The molecule has 0 saturated carbocycles. The molecule has 0 aliphatic carbocycles. The van der Waals surface area contributed by atoms with E-state index >= 15 is 0 Å². The Kier molecular flexibility index (Phi) is 3.94. The average Bonchev–Trinajstić information content (AvgIpc) is 2.27. The molecular weight excluding hydrogens is 285 g/mol. The molecule has 0 aliphatic heterocycles. The van der Waals surface area contributed by atoms with Crippen LogP contribution < -0.4 is 0 Å². The maximum absolute atomic E-state index is 13.2. The predicted molar refractivity (Wildman–Crippen MR) is 57.0 cm³/mol. The first kappa shape index (κ1) is 12.6. The molecule has 0 aromatic heterocycles. The van der Waals surface area contributed by atoms with Crippen molar-refractivity contribution in [2.75, 3.05) is 7.11 Å². The maximum Gasteiger partial charge on any atom is 0.338 e. The number of nitro benzene ring substituents is 1. The number of benzene rings is 1. The zero-order chi connectivity index (χ0) is 12.3. The molecule has 0 spiro atoms. The molecular formula is C9H7BrFNO4. The molecule has 0 fully saturated rings. The quantitative estimate of drug-likeness (QED) is 0.371. The summed E-state index contributed by atoms with van der Waals surface area (Å²) in [4.78, 5) is 20.9. The SMILES string of the molecule is COC(=O)c1cc(F)c([N+](=O)[O-])cc1CBr. The van der Waals surface area contributed by atoms with Gasteiger partial charge in [-0.3, -0.25) is 10.1 Å². The van der Waals surface area contributed by atoms with E-state index in [-0.39, 0.29) is 10.9 Å². The van der Waals surface area contributed by atoms with E-state index in [1.807, 2.05) is 0 Å². The molecule has 16 heavy (non-hydrogen) atoms. The highest BCUT2D eigenvalue weighted by Crippen LogP contribution is 2.24. The van der Waals surface area contributed by atoms with Crippen LogP contribution in [-0.4, -0.2) is 18.0 Å². The standard InChI is InChI=1S/C9H7BrFNO4/c1-16-9(13)6-3-7(11)8(12(14)15)2-5(6)4-10/h2-3H,4H2,1H3. The van der Waals surface area contributed by atoms with Crippen molar-refractivity contribution in [1.82, 2.24) is 0 Å². The number of methoxy groups -OCH3 is 1. The lowest BCUT2D eigenvalue weighted by atomic mass is 10.1. The van der Waals surface area contributed by atoms with E-state index in [1.54, 1.807) is 0 Å². The van der Waals surface area contributed by atoms with Crippen LogP contribution in [0.3, 0.4) is 0 Å². The topological polar surface area (TPSA) is 69.4 Å². The normalized spacial score (nSPS) is 9.94. The van der Waals surface area contributed by atoms with Gasteiger partial charge in [-0.25, -0.2) is 4.79 Å². The first-order valence-electron chi connectivity index (χ1n) is 4.12. The molecule has 1 rings (SSSR count). The Morgan fingerprint density at radius 1 is 1.62 bits per heavy atom. The minimum absolute atomic E-state index is 0.0255. The van der Waals surface area contributed by atoms with Crippen LogP contribution in [0.4, 0.5) is 10.1 Å². The van der Waals surface area contributed by atoms with Crippen molar-refractivity contribution in [2.24, 2.45) is 0 Å². The lowest BCUT2D eigenvalue weighted by molar-refractivity contribution is -0.387. The molecule has 1 aromatic carbocycles. The fraction of sp³-hybridized carbons (Fsp3) is 0.222. The monoisotopic (exact) mass is 291 g/mol. The number of alkyl halides is 1. The Labute approximate surface area is 98.5 Å². The van der Waals surface area contributed by atoms with Crippen LogP contribution >= 0.6 is 15.9 Å². The third kappa shape index (κ3) is 2.35. The largest absolute Gasteiger partial charge is 0.465 e. The smallest absolute Gasteiger partial charge is 0.338 e. The fourth-order valence-corrected chi connectivity index (χ4v) is 1.62. The van der Waals surface area contributed by atoms with Gasteiger partial charge in [-0.2, -0.15) is 4.39 Å². The summed E-state index contributed by atoms with van der Waals surface area (Å²) in [7, 11) is 1.15. The van der Waals surface area contributed by atoms with Gasteiger partial charge in [0.25, 0.3) is 0 Å². The van der Waals surface area contributed by atoms with E-state index < -0.39 is 22.4 Å². The second-order valence-electron chi connectivity index (χ2n) is 2.84. The number of rotatable bonds is 3. The summed E-state index contributed by atoms with van der Waals surface area (Å²) in [6.45, 7) is 0. The minimum atomic E-state index is -1.06. The van der Waals surface area contributed by atoms with Gasteiger partial charge in [0.2, 0.25) is 5.82 Å². The van der Waals surface area contributed by atoms with E-state index in [2.05, 4.69) is 20.7 Å². The Bertz CT molecular complexity index is 449. The van der Waals surface area contributed by atoms with Crippen molar-refractivity contribution in [3.8, 4) is 0 Å². The molecule has 0 N–H and O–H groups in total. The molecule has 0 amide bonds. The highest BCUT2D eigenvalue weighted by atomic mass is 79.9. The van der Waals surface area contributed by atoms with E-state index in [1.165, 1.54) is 0 Å². The molecule has 5 nitrogen and oxygen atoms in total. The van der Waals surface area contributed by atoms with Gasteiger partial charge >= 0.3 is 11.7 Å². The summed E-state index contributed by atoms with van der Waals surface area (Å²) in [5.74, 6) is -1.79. The lowest BCUT2D eigenvalue weighted by Gasteiger charge is -2.05. The molecule has 0 bridgehead atoms. The van der Waals surface area contributed by atoms with Gasteiger partial charge in [0.05, 0.1) is 17.6 Å². The van der Waals surface area contributed by atoms with Crippen molar-refractivity contribution < 1.29 is 18.8 Å². The number of carbonyl (C=O) groups excluding carboxylic acids is 1. The van der Waals surface area contributed by atoms with Gasteiger partial charge in [-0.15, -0.1) is 0 Å². The number of hydrogen-bond donors (Lipinski definition) is 0. The van der Waals surface area contributed by atoms with Crippen LogP contribution in [0.15, 0.2) is 12.1 Å². The summed E-state index contributed by atoms with van der Waals surface area (Å²) >= 11 is 3.06. The number of halogens is 2. The summed E-state index contributed by atoms with van der Waals surface area (Å²) in [5, 5.41) is 10.7. The maximum atomic E-state index is 13.2. The highest BCUT2D eigenvalue weighted by Gasteiger charge is 2.21. The molecule has 7 heteroatoms. The van der Waals surface area contributed by atoms with Crippen LogP contribution in [-0.2, 0) is 10.1 Å². The number of nitrogens with zero attached hydrogens (tertiary/aromatic N) is 1. The van der Waals surface area contributed by atoms with E-state index in [9.17, 15) is 19.3 Å². The molecule has 0 aliphatic rings. The number of hydrogen-bond acceptors (Lipinski definition) is 4. The minimum Gasteiger partial charge on any atom is -0.465 e. The Morgan fingerprint density at radius 2 is 2.25 bits per heavy atom. The van der Waals surface area contributed by atoms with Crippen LogP contribution in [0.25, 0.3) is 0 Å². The van der Waals surface area contributed by atoms with E-state index in [4.69, 9.17) is 0 Å². The number of carbonyl (C=O) groups is 1. The lowest BCUT2D eigenvalue weighted by Crippen LogP contribution is -2.07. The van der Waals surface area contributed by atoms with E-state index in [0.29, 0.717) is 5.56 Å². The second-order valence-corrected chi connectivity index (χ2v) is 3.40. The molecule has 1 aromatic rings. The van der Waals surface area contributed by atoms with Gasteiger partial charge in [-0.05, 0) is 11.6 Å². The summed E-state index contributed by atoms with van der Waals surface area (Å²) in [5.41, 5.74) is -0.385. The summed E-state index contributed by atoms with van der Waals surface area (Å²) in [6.07, 6.45) is 0. The molecule has 0 atom stereocenters. The number of nitro groups is 1. The Morgan fingerprint density at radius 3 is 2.69 bits per heavy atom. The highest BCUT2D eigenvalue weighted by molar-refractivity contribution is 9.08. The predicted octanol–water partition coefficient (Wildman–Crippen LogP) is 2.42. The zero-order valence-electron chi connectivity index (χ0n) is 8.20. The first-order valence-corrected chi connectivity index (χ1v) is 5.24. The van der Waals surface area contributed by atoms with Crippen LogP contribution in [0.5, 0.6) is 0 Å². The van der Waals surface area contributed by atoms with Gasteiger partial charge in [0, 0.05) is 11.4 Å². The summed E-state index contributed by atoms with van der Waals surface area (Å²) in [6, 6.07) is 1.82. The van der Waals surface area contributed by atoms with E-state index in [0.717, 1.165) is 19.2 Å². The number of ether oxygens (including phenoxy) is 1. The van der Waals surface area contributed by atoms with Crippen molar-refractivity contribution in [3.05, 3.63) is 39.2 Å². The zero-order valence-corrected chi connectivity index (χ0v) is 9.78. The van der Waals surface area contributed by atoms with Crippen molar-refractivity contribution in [1.29, 1.82) is 0 Å². The second kappa shape index (κ2) is 5.02. The van der Waals surface area contributed by atoms with Crippen LogP contribution in [0.1, 0.15) is 15.9 Å². The molecule has 0 unspecified atom stereocenters. The third-order valence-electron chi connectivity index (χ3n) is 1.92. The fourth-order valence-electron chi connectivity index (χ4n) is 1.16.